The van der Waals surface area contributed by atoms with E-state index in [1.165, 1.54) is 14.8 Å². The fourth-order valence-corrected chi connectivity index (χ4v) is 4.37. The Kier molecular flexibility index (Phi) is 4.84. The summed E-state index contributed by atoms with van der Waals surface area (Å²) in [6, 6.07) is 1.68. The third-order valence-corrected chi connectivity index (χ3v) is 6.05. The highest BCUT2D eigenvalue weighted by molar-refractivity contribution is 7.86. The first-order valence-electron chi connectivity index (χ1n) is 7.16. The Bertz CT molecular complexity index is 621. The highest BCUT2D eigenvalue weighted by Crippen LogP contribution is 2.27. The summed E-state index contributed by atoms with van der Waals surface area (Å²) < 4.78 is 39.1. The van der Waals surface area contributed by atoms with Crippen LogP contribution in [0.25, 0.3) is 0 Å². The van der Waals surface area contributed by atoms with Crippen molar-refractivity contribution in [2.45, 2.75) is 12.5 Å². The van der Waals surface area contributed by atoms with Crippen molar-refractivity contribution in [1.29, 1.82) is 0 Å². The zero-order valence-corrected chi connectivity index (χ0v) is 13.6. The minimum Gasteiger partial charge on any atom is -0.487 e. The monoisotopic (exact) mass is 347 g/mol. The first-order chi connectivity index (χ1) is 10.6. The maximum atomic E-state index is 12.6. The molecule has 9 heteroatoms. The molecule has 3 rings (SSSR count). The lowest BCUT2D eigenvalue weighted by molar-refractivity contribution is 0.0704. The molecule has 0 unspecified atom stereocenters. The van der Waals surface area contributed by atoms with Crippen LogP contribution in [0.1, 0.15) is 6.42 Å². The van der Waals surface area contributed by atoms with Gasteiger partial charge in [0.05, 0.1) is 19.8 Å². The molecule has 1 aromatic heterocycles. The second kappa shape index (κ2) is 6.67. The first kappa shape index (κ1) is 15.9. The molecule has 0 amide bonds. The Labute approximate surface area is 135 Å². The Morgan fingerprint density at radius 3 is 2.77 bits per heavy atom. The predicted molar refractivity (Wildman–Crippen MR) is 81.2 cm³/mol. The standard InChI is InChI=1S/C13H18ClN3O4S/c14-12-9-15-3-1-13(12)21-11-2-4-17(10-11)22(18,19)16-5-7-20-8-6-16/h1,3,9,11H,2,4-8,10H2/t11-/m0/s1. The molecule has 0 radical (unpaired) electrons. The molecule has 2 fully saturated rings. The summed E-state index contributed by atoms with van der Waals surface area (Å²) in [4.78, 5) is 3.90. The highest BCUT2D eigenvalue weighted by atomic mass is 35.5. The average Bonchev–Trinajstić information content (AvgIpc) is 3.00. The molecule has 0 N–H and O–H groups in total. The van der Waals surface area contributed by atoms with Gasteiger partial charge in [-0.3, -0.25) is 4.98 Å². The zero-order valence-electron chi connectivity index (χ0n) is 12.0. The number of nitrogens with zero attached hydrogens (tertiary/aromatic N) is 3. The highest BCUT2D eigenvalue weighted by Gasteiger charge is 2.37. The minimum absolute atomic E-state index is 0.198. The predicted octanol–water partition coefficient (Wildman–Crippen LogP) is 0.765. The number of halogens is 1. The Morgan fingerprint density at radius 2 is 2.05 bits per heavy atom. The van der Waals surface area contributed by atoms with Crippen LogP contribution in [0.3, 0.4) is 0 Å². The summed E-state index contributed by atoms with van der Waals surface area (Å²) in [5, 5.41) is 0.428. The third kappa shape index (κ3) is 3.36. The average molecular weight is 348 g/mol. The van der Waals surface area contributed by atoms with Crippen molar-refractivity contribution in [3.05, 3.63) is 23.5 Å². The summed E-state index contributed by atoms with van der Waals surface area (Å²) in [5.41, 5.74) is 0. The lowest BCUT2D eigenvalue weighted by Gasteiger charge is -2.30. The first-order valence-corrected chi connectivity index (χ1v) is 8.94. The van der Waals surface area contributed by atoms with E-state index in [9.17, 15) is 8.42 Å². The third-order valence-electron chi connectivity index (χ3n) is 3.76. The molecule has 2 aliphatic heterocycles. The quantitative estimate of drug-likeness (QED) is 0.804. The van der Waals surface area contributed by atoms with Crippen LogP contribution >= 0.6 is 11.6 Å². The molecular weight excluding hydrogens is 330 g/mol. The number of aromatic nitrogens is 1. The summed E-state index contributed by atoms with van der Waals surface area (Å²) in [7, 11) is -3.44. The molecule has 0 saturated carbocycles. The van der Waals surface area contributed by atoms with Crippen LogP contribution in [0.4, 0.5) is 0 Å². The van der Waals surface area contributed by atoms with Crippen molar-refractivity contribution < 1.29 is 17.9 Å². The number of pyridine rings is 1. The van der Waals surface area contributed by atoms with E-state index in [1.54, 1.807) is 12.3 Å². The second-order valence-corrected chi connectivity index (χ2v) is 7.55. The van der Waals surface area contributed by atoms with E-state index in [0.717, 1.165) is 0 Å². The van der Waals surface area contributed by atoms with Crippen molar-refractivity contribution in [2.75, 3.05) is 39.4 Å². The number of hydrogen-bond acceptors (Lipinski definition) is 5. The number of hydrogen-bond donors (Lipinski definition) is 0. The van der Waals surface area contributed by atoms with Crippen molar-refractivity contribution >= 4 is 21.8 Å². The van der Waals surface area contributed by atoms with Crippen LogP contribution in [0.15, 0.2) is 18.5 Å². The van der Waals surface area contributed by atoms with Gasteiger partial charge in [0.1, 0.15) is 16.9 Å². The molecular formula is C13H18ClN3O4S. The maximum Gasteiger partial charge on any atom is 0.282 e. The molecule has 1 aromatic rings. The van der Waals surface area contributed by atoms with Gasteiger partial charge in [-0.2, -0.15) is 17.0 Å². The van der Waals surface area contributed by atoms with E-state index < -0.39 is 10.2 Å². The summed E-state index contributed by atoms with van der Waals surface area (Å²) in [6.45, 7) is 2.48. The van der Waals surface area contributed by atoms with Crippen molar-refractivity contribution in [2.24, 2.45) is 0 Å². The molecule has 7 nitrogen and oxygen atoms in total. The van der Waals surface area contributed by atoms with E-state index in [2.05, 4.69) is 4.98 Å². The van der Waals surface area contributed by atoms with E-state index in [0.29, 0.717) is 56.6 Å². The number of ether oxygens (including phenoxy) is 2. The molecule has 2 saturated heterocycles. The van der Waals surface area contributed by atoms with Crippen LogP contribution in [0.2, 0.25) is 5.02 Å². The molecule has 3 heterocycles. The van der Waals surface area contributed by atoms with E-state index in [4.69, 9.17) is 21.1 Å². The molecule has 0 spiro atoms. The number of morpholine rings is 1. The molecule has 22 heavy (non-hydrogen) atoms. The SMILES string of the molecule is O=S(=O)(N1CCOCC1)N1CC[C@H](Oc2ccncc2Cl)C1. The van der Waals surface area contributed by atoms with Crippen LogP contribution < -0.4 is 4.74 Å². The zero-order chi connectivity index (χ0) is 15.6. The smallest absolute Gasteiger partial charge is 0.282 e. The van der Waals surface area contributed by atoms with Gasteiger partial charge in [-0.25, -0.2) is 0 Å². The van der Waals surface area contributed by atoms with Crippen LogP contribution in [-0.2, 0) is 14.9 Å². The molecule has 0 aliphatic carbocycles. The largest absolute Gasteiger partial charge is 0.487 e. The summed E-state index contributed by atoms with van der Waals surface area (Å²) in [6.07, 6.45) is 3.55. The van der Waals surface area contributed by atoms with Crippen LogP contribution in [-0.4, -0.2) is 67.5 Å². The molecule has 0 bridgehead atoms. The van der Waals surface area contributed by atoms with Crippen molar-refractivity contribution in [1.82, 2.24) is 13.6 Å². The fraction of sp³-hybridized carbons (Fsp3) is 0.615. The lowest BCUT2D eigenvalue weighted by atomic mass is 10.3. The van der Waals surface area contributed by atoms with E-state index in [-0.39, 0.29) is 6.10 Å². The normalized spacial score (nSPS) is 24.5. The van der Waals surface area contributed by atoms with Gasteiger partial charge in [-0.05, 0) is 6.42 Å². The Morgan fingerprint density at radius 1 is 1.27 bits per heavy atom. The minimum atomic E-state index is -3.44. The molecule has 0 aromatic carbocycles. The molecule has 122 valence electrons. The summed E-state index contributed by atoms with van der Waals surface area (Å²) >= 11 is 6.01. The lowest BCUT2D eigenvalue weighted by Crippen LogP contribution is -2.48. The topological polar surface area (TPSA) is 72.0 Å². The van der Waals surface area contributed by atoms with E-state index in [1.807, 2.05) is 0 Å². The number of rotatable bonds is 4. The van der Waals surface area contributed by atoms with Crippen molar-refractivity contribution in [3.8, 4) is 5.75 Å². The van der Waals surface area contributed by atoms with Gasteiger partial charge >= 0.3 is 0 Å². The second-order valence-electron chi connectivity index (χ2n) is 5.21. The molecule has 1 atom stereocenters. The Balaban J connectivity index is 1.63. The van der Waals surface area contributed by atoms with Crippen LogP contribution in [0.5, 0.6) is 5.75 Å². The van der Waals surface area contributed by atoms with Gasteiger partial charge in [0, 0.05) is 38.1 Å². The van der Waals surface area contributed by atoms with Crippen molar-refractivity contribution in [3.63, 3.8) is 0 Å². The van der Waals surface area contributed by atoms with Gasteiger partial charge in [0.2, 0.25) is 0 Å². The summed E-state index contributed by atoms with van der Waals surface area (Å²) in [5.74, 6) is 0.535. The van der Waals surface area contributed by atoms with Gasteiger partial charge < -0.3 is 9.47 Å². The molecule has 2 aliphatic rings. The van der Waals surface area contributed by atoms with Gasteiger partial charge in [-0.15, -0.1) is 0 Å². The van der Waals surface area contributed by atoms with Gasteiger partial charge in [0.15, 0.2) is 0 Å². The maximum absolute atomic E-state index is 12.6. The fourth-order valence-electron chi connectivity index (χ4n) is 2.58. The van der Waals surface area contributed by atoms with Gasteiger partial charge in [-0.1, -0.05) is 11.6 Å². The van der Waals surface area contributed by atoms with Crippen LogP contribution in [0, 0.1) is 0 Å². The Hall–Kier alpha value is -0.930. The van der Waals surface area contributed by atoms with E-state index >= 15 is 0 Å². The van der Waals surface area contributed by atoms with Gasteiger partial charge in [0.25, 0.3) is 10.2 Å².